The number of benzene rings is 2. The summed E-state index contributed by atoms with van der Waals surface area (Å²) in [5.41, 5.74) is 7.96. The van der Waals surface area contributed by atoms with E-state index in [0.29, 0.717) is 29.1 Å². The number of aromatic nitrogens is 6. The van der Waals surface area contributed by atoms with Gasteiger partial charge in [0.05, 0.1) is 24.9 Å². The van der Waals surface area contributed by atoms with Gasteiger partial charge in [-0.2, -0.15) is 0 Å². The van der Waals surface area contributed by atoms with Crippen molar-refractivity contribution < 1.29 is 4.74 Å². The second-order valence-electron chi connectivity index (χ2n) is 5.80. The summed E-state index contributed by atoms with van der Waals surface area (Å²) < 4.78 is 6.93. The number of ether oxygens (including phenoxy) is 1. The number of hydrogen-bond acceptors (Lipinski definition) is 8. The molecule has 0 aliphatic carbocycles. The molecule has 0 radical (unpaired) electrons. The van der Waals surface area contributed by atoms with E-state index in [1.807, 2.05) is 48.5 Å². The van der Waals surface area contributed by atoms with Gasteiger partial charge in [0, 0.05) is 5.39 Å². The molecule has 0 saturated heterocycles. The number of thioether (sulfide) groups is 1. The summed E-state index contributed by atoms with van der Waals surface area (Å²) in [5.74, 6) is 2.47. The Morgan fingerprint density at radius 1 is 1.07 bits per heavy atom. The zero-order chi connectivity index (χ0) is 18.6. The normalized spacial score (nSPS) is 11.0. The Bertz CT molecular complexity index is 1060. The first-order chi connectivity index (χ1) is 13.2. The van der Waals surface area contributed by atoms with Crippen LogP contribution in [0.3, 0.4) is 0 Å². The molecule has 27 heavy (non-hydrogen) atoms. The molecule has 0 aliphatic heterocycles. The fourth-order valence-electron chi connectivity index (χ4n) is 2.65. The maximum absolute atomic E-state index is 6.05. The topological polar surface area (TPSA) is 105 Å². The van der Waals surface area contributed by atoms with Crippen molar-refractivity contribution in [3.05, 3.63) is 59.9 Å². The van der Waals surface area contributed by atoms with E-state index in [1.54, 1.807) is 11.8 Å². The molecule has 136 valence electrons. The lowest BCUT2D eigenvalue weighted by Crippen LogP contribution is -2.05. The first-order valence-corrected chi connectivity index (χ1v) is 9.24. The highest BCUT2D eigenvalue weighted by molar-refractivity contribution is 7.98. The van der Waals surface area contributed by atoms with E-state index in [4.69, 9.17) is 10.5 Å². The molecular formula is C18H17N7OS. The minimum absolute atomic E-state index is 0.481. The smallest absolute Gasteiger partial charge is 0.210 e. The summed E-state index contributed by atoms with van der Waals surface area (Å²) in [6.07, 6.45) is 0. The van der Waals surface area contributed by atoms with Gasteiger partial charge in [0.1, 0.15) is 17.4 Å². The number of hydrogen-bond donors (Lipinski definition) is 1. The molecule has 4 rings (SSSR count). The number of nitrogens with two attached hydrogens (primary N) is 1. The Morgan fingerprint density at radius 2 is 1.89 bits per heavy atom. The molecule has 0 bridgehead atoms. The highest BCUT2D eigenvalue weighted by atomic mass is 32.2. The molecule has 9 heteroatoms. The number of para-hydroxylation sites is 1. The highest BCUT2D eigenvalue weighted by Gasteiger charge is 2.11. The standard InChI is InChI=1S/C18H17N7OS/c1-26-13-8-6-12(7-9-13)10-25-18(22-23-24-25)27-11-16-20-15-5-3-2-4-14(15)17(19)21-16/h2-9H,10-11H2,1H3,(H2,19,20,21). The van der Waals surface area contributed by atoms with Crippen LogP contribution in [-0.2, 0) is 12.3 Å². The molecule has 2 aromatic carbocycles. The van der Waals surface area contributed by atoms with Crippen molar-refractivity contribution in [3.63, 3.8) is 0 Å². The van der Waals surface area contributed by atoms with Crippen LogP contribution in [0.5, 0.6) is 5.75 Å². The van der Waals surface area contributed by atoms with Crippen molar-refractivity contribution in [3.8, 4) is 5.75 Å². The largest absolute Gasteiger partial charge is 0.497 e. The maximum Gasteiger partial charge on any atom is 0.210 e. The molecule has 0 amide bonds. The van der Waals surface area contributed by atoms with E-state index in [0.717, 1.165) is 22.2 Å². The fourth-order valence-corrected chi connectivity index (χ4v) is 3.38. The van der Waals surface area contributed by atoms with Crippen molar-refractivity contribution in [1.29, 1.82) is 0 Å². The molecule has 0 aliphatic rings. The van der Waals surface area contributed by atoms with Gasteiger partial charge in [0.25, 0.3) is 0 Å². The number of nitrogen functional groups attached to an aromatic ring is 1. The molecule has 0 atom stereocenters. The second-order valence-corrected chi connectivity index (χ2v) is 6.74. The van der Waals surface area contributed by atoms with E-state index in [2.05, 4.69) is 25.5 Å². The first kappa shape index (κ1) is 17.2. The SMILES string of the molecule is COc1ccc(Cn2nnnc2SCc2nc(N)c3ccccc3n2)cc1. The van der Waals surface area contributed by atoms with Gasteiger partial charge in [-0.15, -0.1) is 5.10 Å². The Hall–Kier alpha value is -3.20. The molecule has 8 nitrogen and oxygen atoms in total. The van der Waals surface area contributed by atoms with Crippen LogP contribution in [0, 0.1) is 0 Å². The van der Waals surface area contributed by atoms with Crippen LogP contribution in [0.1, 0.15) is 11.4 Å². The van der Waals surface area contributed by atoms with E-state index < -0.39 is 0 Å². The van der Waals surface area contributed by atoms with E-state index in [9.17, 15) is 0 Å². The Labute approximate surface area is 159 Å². The third-order valence-corrected chi connectivity index (χ3v) is 4.95. The number of nitrogens with zero attached hydrogens (tertiary/aromatic N) is 6. The van der Waals surface area contributed by atoms with Crippen molar-refractivity contribution >= 4 is 28.5 Å². The fraction of sp³-hybridized carbons (Fsp3) is 0.167. The number of tetrazole rings is 1. The molecule has 0 unspecified atom stereocenters. The van der Waals surface area contributed by atoms with Gasteiger partial charge in [0.2, 0.25) is 5.16 Å². The first-order valence-electron chi connectivity index (χ1n) is 8.26. The number of anilines is 1. The quantitative estimate of drug-likeness (QED) is 0.510. The van der Waals surface area contributed by atoms with Crippen LogP contribution < -0.4 is 10.5 Å². The third kappa shape index (κ3) is 3.82. The van der Waals surface area contributed by atoms with Crippen LogP contribution in [-0.4, -0.2) is 37.3 Å². The molecular weight excluding hydrogens is 362 g/mol. The van der Waals surface area contributed by atoms with Gasteiger partial charge in [-0.1, -0.05) is 36.0 Å². The minimum atomic E-state index is 0.481. The zero-order valence-corrected chi connectivity index (χ0v) is 15.4. The van der Waals surface area contributed by atoms with Crippen LogP contribution >= 0.6 is 11.8 Å². The summed E-state index contributed by atoms with van der Waals surface area (Å²) in [5, 5.41) is 13.5. The second kappa shape index (κ2) is 7.58. The maximum atomic E-state index is 6.05. The monoisotopic (exact) mass is 379 g/mol. The van der Waals surface area contributed by atoms with Crippen molar-refractivity contribution in [1.82, 2.24) is 30.2 Å². The van der Waals surface area contributed by atoms with Crippen molar-refractivity contribution in [2.24, 2.45) is 0 Å². The van der Waals surface area contributed by atoms with Crippen LogP contribution in [0.4, 0.5) is 5.82 Å². The van der Waals surface area contributed by atoms with Gasteiger partial charge in [0.15, 0.2) is 0 Å². The molecule has 2 aromatic heterocycles. The summed E-state index contributed by atoms with van der Waals surface area (Å²) in [4.78, 5) is 8.95. The van der Waals surface area contributed by atoms with Crippen molar-refractivity contribution in [2.75, 3.05) is 12.8 Å². The van der Waals surface area contributed by atoms with E-state index in [-0.39, 0.29) is 0 Å². The highest BCUT2D eigenvalue weighted by Crippen LogP contribution is 2.23. The summed E-state index contributed by atoms with van der Waals surface area (Å²) in [6, 6.07) is 15.5. The summed E-state index contributed by atoms with van der Waals surface area (Å²) in [7, 11) is 1.65. The lowest BCUT2D eigenvalue weighted by Gasteiger charge is -2.07. The Balaban J connectivity index is 1.48. The third-order valence-electron chi connectivity index (χ3n) is 4.00. The molecule has 2 N–H and O–H groups in total. The Morgan fingerprint density at radius 3 is 2.70 bits per heavy atom. The number of rotatable bonds is 6. The van der Waals surface area contributed by atoms with E-state index >= 15 is 0 Å². The van der Waals surface area contributed by atoms with Crippen LogP contribution in [0.25, 0.3) is 10.9 Å². The zero-order valence-electron chi connectivity index (χ0n) is 14.6. The molecule has 0 spiro atoms. The molecule has 0 fully saturated rings. The van der Waals surface area contributed by atoms with Gasteiger partial charge < -0.3 is 10.5 Å². The summed E-state index contributed by atoms with van der Waals surface area (Å²) in [6.45, 7) is 0.569. The molecule has 0 saturated carbocycles. The van der Waals surface area contributed by atoms with E-state index in [1.165, 1.54) is 11.8 Å². The van der Waals surface area contributed by atoms with Gasteiger partial charge in [-0.3, -0.25) is 0 Å². The minimum Gasteiger partial charge on any atom is -0.497 e. The average Bonchev–Trinajstić information content (AvgIpc) is 3.14. The number of methoxy groups -OCH3 is 1. The van der Waals surface area contributed by atoms with Gasteiger partial charge >= 0.3 is 0 Å². The van der Waals surface area contributed by atoms with Crippen molar-refractivity contribution in [2.45, 2.75) is 17.5 Å². The molecule has 4 aromatic rings. The van der Waals surface area contributed by atoms with Crippen LogP contribution in [0.2, 0.25) is 0 Å². The predicted octanol–water partition coefficient (Wildman–Crippen LogP) is 2.55. The van der Waals surface area contributed by atoms with Crippen LogP contribution in [0.15, 0.2) is 53.7 Å². The number of fused-ring (bicyclic) bond motifs is 1. The molecule has 2 heterocycles. The lowest BCUT2D eigenvalue weighted by molar-refractivity contribution is 0.414. The summed E-state index contributed by atoms with van der Waals surface area (Å²) >= 11 is 1.47. The predicted molar refractivity (Wildman–Crippen MR) is 103 cm³/mol. The average molecular weight is 379 g/mol. The van der Waals surface area contributed by atoms with Gasteiger partial charge in [-0.25, -0.2) is 14.6 Å². The van der Waals surface area contributed by atoms with Gasteiger partial charge in [-0.05, 0) is 40.3 Å². The Kier molecular flexibility index (Phi) is 4.84. The lowest BCUT2D eigenvalue weighted by atomic mass is 10.2.